The Labute approximate surface area is 139 Å². The van der Waals surface area contributed by atoms with Crippen LogP contribution in [0, 0.1) is 5.92 Å². The number of nitrogens with one attached hydrogen (secondary N) is 2. The Balaban J connectivity index is 1.58. The van der Waals surface area contributed by atoms with Gasteiger partial charge in [0.05, 0.1) is 28.9 Å². The average Bonchev–Trinajstić information content (AvgIpc) is 3.02. The molecule has 4 rings (SSSR count). The molecule has 6 nitrogen and oxygen atoms in total. The van der Waals surface area contributed by atoms with Gasteiger partial charge in [-0.25, -0.2) is 4.98 Å². The zero-order valence-corrected chi connectivity index (χ0v) is 13.0. The number of para-hydroxylation sites is 2. The van der Waals surface area contributed by atoms with E-state index >= 15 is 0 Å². The molecule has 0 saturated heterocycles. The van der Waals surface area contributed by atoms with Crippen LogP contribution in [0.15, 0.2) is 48.7 Å². The molecule has 6 heteroatoms. The number of hydrogen-bond donors (Lipinski definition) is 3. The van der Waals surface area contributed by atoms with E-state index in [9.17, 15) is 9.90 Å². The normalized spacial score (nSPS) is 21.2. The first-order valence-corrected chi connectivity index (χ1v) is 8.05. The topological polar surface area (TPSA) is 90.9 Å². The van der Waals surface area contributed by atoms with Crippen molar-refractivity contribution in [2.45, 2.75) is 25.0 Å². The third-order valence-electron chi connectivity index (χ3n) is 4.52. The second-order valence-corrected chi connectivity index (χ2v) is 6.19. The number of benzene rings is 1. The Morgan fingerprint density at radius 3 is 2.71 bits per heavy atom. The fraction of sp³-hybridized carbons (Fsp3) is 0.278. The fourth-order valence-corrected chi connectivity index (χ4v) is 3.17. The number of carbonyl (C=O) groups excluding carboxylic acids is 1. The molecule has 122 valence electrons. The molecule has 0 aliphatic heterocycles. The number of aliphatic hydroxyl groups is 1. The summed E-state index contributed by atoms with van der Waals surface area (Å²) in [7, 11) is 0. The number of imidazole rings is 1. The van der Waals surface area contributed by atoms with Gasteiger partial charge in [0.2, 0.25) is 0 Å². The summed E-state index contributed by atoms with van der Waals surface area (Å²) in [4.78, 5) is 24.4. The minimum Gasteiger partial charge on any atom is -0.393 e. The number of H-pyrrole nitrogens is 1. The fourth-order valence-electron chi connectivity index (χ4n) is 3.17. The second-order valence-electron chi connectivity index (χ2n) is 6.19. The molecular weight excluding hydrogens is 304 g/mol. The summed E-state index contributed by atoms with van der Waals surface area (Å²) in [6, 6.07) is 12.9. The molecule has 3 N–H and O–H groups in total. The van der Waals surface area contributed by atoms with Crippen LogP contribution in [0.1, 0.15) is 35.2 Å². The number of rotatable bonds is 4. The highest BCUT2D eigenvalue weighted by atomic mass is 16.3. The standard InChI is InChI=1S/C18H18N4O2/c23-12-9-11(10-12)16(15-7-3-4-8-19-15)22-18(24)17-20-13-5-1-2-6-14(13)21-17/h1-8,11-12,16,23H,9-10H2,(H,20,21)(H,22,24)/t11?,12?,16-/m0/s1. The molecule has 0 bridgehead atoms. The number of aromatic amines is 1. The van der Waals surface area contributed by atoms with Crippen molar-refractivity contribution < 1.29 is 9.90 Å². The molecule has 0 spiro atoms. The molecular formula is C18H18N4O2. The number of amides is 1. The van der Waals surface area contributed by atoms with Gasteiger partial charge in [-0.1, -0.05) is 18.2 Å². The van der Waals surface area contributed by atoms with Crippen molar-refractivity contribution in [3.63, 3.8) is 0 Å². The minimum atomic E-state index is -0.288. The Bertz CT molecular complexity index is 823. The Morgan fingerprint density at radius 1 is 1.21 bits per heavy atom. The smallest absolute Gasteiger partial charge is 0.287 e. The van der Waals surface area contributed by atoms with Crippen LogP contribution in [-0.2, 0) is 0 Å². The van der Waals surface area contributed by atoms with E-state index in [1.54, 1.807) is 6.20 Å². The van der Waals surface area contributed by atoms with E-state index in [0.717, 1.165) is 16.7 Å². The van der Waals surface area contributed by atoms with E-state index in [1.165, 1.54) is 0 Å². The van der Waals surface area contributed by atoms with Gasteiger partial charge < -0.3 is 15.4 Å². The van der Waals surface area contributed by atoms with E-state index < -0.39 is 0 Å². The lowest BCUT2D eigenvalue weighted by molar-refractivity contribution is 0.0227. The molecule has 3 aromatic rings. The maximum absolute atomic E-state index is 12.6. The first kappa shape index (κ1) is 14.8. The number of pyridine rings is 1. The van der Waals surface area contributed by atoms with Crippen molar-refractivity contribution in [3.8, 4) is 0 Å². The molecule has 1 aromatic carbocycles. The van der Waals surface area contributed by atoms with Crippen LogP contribution in [0.3, 0.4) is 0 Å². The van der Waals surface area contributed by atoms with Gasteiger partial charge >= 0.3 is 0 Å². The van der Waals surface area contributed by atoms with E-state index in [4.69, 9.17) is 0 Å². The van der Waals surface area contributed by atoms with E-state index in [1.807, 2.05) is 42.5 Å². The summed E-state index contributed by atoms with van der Waals surface area (Å²) in [5, 5.41) is 12.6. The summed E-state index contributed by atoms with van der Waals surface area (Å²) in [5.74, 6) is 0.212. The molecule has 1 fully saturated rings. The lowest BCUT2D eigenvalue weighted by Gasteiger charge is -2.37. The van der Waals surface area contributed by atoms with Gasteiger partial charge in [0.15, 0.2) is 5.82 Å². The van der Waals surface area contributed by atoms with Crippen LogP contribution < -0.4 is 5.32 Å². The van der Waals surface area contributed by atoms with Crippen molar-refractivity contribution in [1.29, 1.82) is 0 Å². The van der Waals surface area contributed by atoms with E-state index in [0.29, 0.717) is 12.8 Å². The zero-order valence-electron chi connectivity index (χ0n) is 13.0. The molecule has 0 unspecified atom stereocenters. The SMILES string of the molecule is O=C(N[C@H](c1ccccn1)C1CC(O)C1)c1nc2ccccc2[nH]1. The molecule has 1 amide bonds. The predicted molar refractivity (Wildman–Crippen MR) is 89.3 cm³/mol. The van der Waals surface area contributed by atoms with Gasteiger partial charge in [-0.3, -0.25) is 9.78 Å². The molecule has 1 atom stereocenters. The maximum Gasteiger partial charge on any atom is 0.287 e. The number of fused-ring (bicyclic) bond motifs is 1. The highest BCUT2D eigenvalue weighted by Gasteiger charge is 2.36. The van der Waals surface area contributed by atoms with Crippen LogP contribution in [0.4, 0.5) is 0 Å². The third kappa shape index (κ3) is 2.76. The molecule has 1 aliphatic carbocycles. The van der Waals surface area contributed by atoms with Gasteiger partial charge in [0.25, 0.3) is 5.91 Å². The highest BCUT2D eigenvalue weighted by Crippen LogP contribution is 2.37. The van der Waals surface area contributed by atoms with E-state index in [2.05, 4.69) is 20.3 Å². The van der Waals surface area contributed by atoms with Crippen LogP contribution in [0.25, 0.3) is 11.0 Å². The van der Waals surface area contributed by atoms with Crippen LogP contribution in [0.5, 0.6) is 0 Å². The van der Waals surface area contributed by atoms with E-state index in [-0.39, 0.29) is 29.8 Å². The summed E-state index contributed by atoms with van der Waals surface area (Å²) >= 11 is 0. The summed E-state index contributed by atoms with van der Waals surface area (Å²) in [5.41, 5.74) is 2.39. The number of carbonyl (C=O) groups is 1. The lowest BCUT2D eigenvalue weighted by atomic mass is 9.76. The second kappa shape index (κ2) is 6.05. The number of aliphatic hydroxyl groups excluding tert-OH is 1. The number of hydrogen-bond acceptors (Lipinski definition) is 4. The summed E-state index contributed by atoms with van der Waals surface area (Å²) in [6.45, 7) is 0. The summed E-state index contributed by atoms with van der Waals surface area (Å²) < 4.78 is 0. The van der Waals surface area contributed by atoms with Gasteiger partial charge in [0.1, 0.15) is 0 Å². The largest absolute Gasteiger partial charge is 0.393 e. The maximum atomic E-state index is 12.6. The third-order valence-corrected chi connectivity index (χ3v) is 4.52. The number of aromatic nitrogens is 3. The van der Waals surface area contributed by atoms with Gasteiger partial charge in [-0.05, 0) is 43.0 Å². The lowest BCUT2D eigenvalue weighted by Crippen LogP contribution is -2.42. The van der Waals surface area contributed by atoms with Crippen molar-refractivity contribution in [2.24, 2.45) is 5.92 Å². The molecule has 2 aromatic heterocycles. The first-order chi connectivity index (χ1) is 11.7. The van der Waals surface area contributed by atoms with Crippen molar-refractivity contribution in [2.75, 3.05) is 0 Å². The highest BCUT2D eigenvalue weighted by molar-refractivity contribution is 5.94. The predicted octanol–water partition coefficient (Wildman–Crippen LogP) is 2.20. The minimum absolute atomic E-state index is 0.184. The van der Waals surface area contributed by atoms with Gasteiger partial charge in [0, 0.05) is 6.20 Å². The Hall–Kier alpha value is -2.73. The molecule has 1 aliphatic rings. The number of nitrogens with zero attached hydrogens (tertiary/aromatic N) is 2. The Morgan fingerprint density at radius 2 is 2.00 bits per heavy atom. The molecule has 2 heterocycles. The average molecular weight is 322 g/mol. The van der Waals surface area contributed by atoms with Gasteiger partial charge in [-0.2, -0.15) is 0 Å². The Kier molecular flexibility index (Phi) is 3.74. The zero-order chi connectivity index (χ0) is 16.5. The van der Waals surface area contributed by atoms with Gasteiger partial charge in [-0.15, -0.1) is 0 Å². The first-order valence-electron chi connectivity index (χ1n) is 8.05. The van der Waals surface area contributed by atoms with Crippen molar-refractivity contribution in [3.05, 3.63) is 60.2 Å². The summed E-state index contributed by atoms with van der Waals surface area (Å²) in [6.07, 6.45) is 2.76. The molecule has 1 saturated carbocycles. The van der Waals surface area contributed by atoms with Crippen LogP contribution >= 0.6 is 0 Å². The molecule has 0 radical (unpaired) electrons. The molecule has 24 heavy (non-hydrogen) atoms. The van der Waals surface area contributed by atoms with Crippen LogP contribution in [0.2, 0.25) is 0 Å². The quantitative estimate of drug-likeness (QED) is 0.687. The van der Waals surface area contributed by atoms with Crippen molar-refractivity contribution in [1.82, 2.24) is 20.3 Å². The monoisotopic (exact) mass is 322 g/mol. The van der Waals surface area contributed by atoms with Crippen LogP contribution in [-0.4, -0.2) is 32.1 Å². The van der Waals surface area contributed by atoms with Crippen molar-refractivity contribution >= 4 is 16.9 Å².